The molecule has 23 heavy (non-hydrogen) atoms. The molecule has 0 bridgehead atoms. The van der Waals surface area contributed by atoms with Gasteiger partial charge in [0.05, 0.1) is 6.10 Å². The number of rotatable bonds is 6. The minimum absolute atomic E-state index is 0.535. The Kier molecular flexibility index (Phi) is 8.80. The van der Waals surface area contributed by atoms with Crippen LogP contribution in [-0.4, -0.2) is 50.3 Å². The molecule has 2 fully saturated rings. The molecule has 0 aromatic heterocycles. The van der Waals surface area contributed by atoms with Crippen LogP contribution in [0.3, 0.4) is 0 Å². The largest absolute Gasteiger partial charge is 0.378 e. The van der Waals surface area contributed by atoms with Gasteiger partial charge in [-0.1, -0.05) is 32.6 Å². The molecule has 2 rings (SSSR count). The van der Waals surface area contributed by atoms with E-state index in [-0.39, 0.29) is 0 Å². The summed E-state index contributed by atoms with van der Waals surface area (Å²) in [5, 5.41) is 3.53. The van der Waals surface area contributed by atoms with Gasteiger partial charge in [0.25, 0.3) is 0 Å². The van der Waals surface area contributed by atoms with Crippen molar-refractivity contribution in [2.45, 2.75) is 77.2 Å². The zero-order chi connectivity index (χ0) is 16.3. The van der Waals surface area contributed by atoms with Crippen LogP contribution in [0.25, 0.3) is 0 Å². The van der Waals surface area contributed by atoms with Crippen LogP contribution in [0.4, 0.5) is 0 Å². The molecule has 1 aliphatic heterocycles. The lowest BCUT2D eigenvalue weighted by Crippen LogP contribution is -2.46. The first-order valence-corrected chi connectivity index (χ1v) is 9.87. The molecule has 1 unspecified atom stereocenters. The van der Waals surface area contributed by atoms with E-state index >= 15 is 0 Å². The molecule has 1 saturated carbocycles. The van der Waals surface area contributed by atoms with Gasteiger partial charge in [-0.05, 0) is 44.4 Å². The number of hydrogen-bond donors (Lipinski definition) is 1. The summed E-state index contributed by atoms with van der Waals surface area (Å²) in [6, 6.07) is 0. The molecule has 1 aliphatic carbocycles. The van der Waals surface area contributed by atoms with Gasteiger partial charge in [0.2, 0.25) is 0 Å². The number of piperidine rings is 1. The topological polar surface area (TPSA) is 36.9 Å². The Balaban J connectivity index is 1.53. The van der Waals surface area contributed by atoms with E-state index in [1.807, 2.05) is 7.05 Å². The van der Waals surface area contributed by atoms with Crippen molar-refractivity contribution in [2.24, 2.45) is 10.9 Å². The van der Waals surface area contributed by atoms with Crippen LogP contribution < -0.4 is 5.32 Å². The molecule has 2 aliphatic rings. The number of ether oxygens (including phenoxy) is 1. The van der Waals surface area contributed by atoms with Crippen molar-refractivity contribution >= 4 is 5.96 Å². The third-order valence-electron chi connectivity index (χ3n) is 5.18. The Hall–Kier alpha value is -0.770. The van der Waals surface area contributed by atoms with E-state index in [1.165, 1.54) is 51.4 Å². The fourth-order valence-electron chi connectivity index (χ4n) is 3.80. The van der Waals surface area contributed by atoms with Crippen LogP contribution in [0.1, 0.15) is 71.1 Å². The minimum atomic E-state index is 0.535. The molecule has 0 aromatic rings. The smallest absolute Gasteiger partial charge is 0.193 e. The van der Waals surface area contributed by atoms with Crippen LogP contribution in [-0.2, 0) is 4.74 Å². The fraction of sp³-hybridized carbons (Fsp3) is 0.947. The second-order valence-corrected chi connectivity index (χ2v) is 7.36. The molecule has 0 amide bonds. The lowest BCUT2D eigenvalue weighted by Gasteiger charge is -2.33. The van der Waals surface area contributed by atoms with Crippen LogP contribution >= 0.6 is 0 Å². The molecule has 4 heteroatoms. The molecule has 134 valence electrons. The predicted molar refractivity (Wildman–Crippen MR) is 98.0 cm³/mol. The van der Waals surface area contributed by atoms with Gasteiger partial charge in [-0.2, -0.15) is 0 Å². The average Bonchev–Trinajstić information content (AvgIpc) is 2.83. The van der Waals surface area contributed by atoms with Crippen molar-refractivity contribution in [2.75, 3.05) is 33.3 Å². The molecule has 1 N–H and O–H groups in total. The number of aliphatic imine (C=N–C) groups is 1. The Morgan fingerprint density at radius 2 is 1.87 bits per heavy atom. The van der Waals surface area contributed by atoms with Crippen LogP contribution in [0, 0.1) is 5.92 Å². The van der Waals surface area contributed by atoms with Crippen molar-refractivity contribution in [3.8, 4) is 0 Å². The normalized spacial score (nSPS) is 24.5. The molecule has 1 heterocycles. The van der Waals surface area contributed by atoms with Crippen LogP contribution in [0.15, 0.2) is 4.99 Å². The summed E-state index contributed by atoms with van der Waals surface area (Å²) >= 11 is 0. The molecule has 1 saturated heterocycles. The van der Waals surface area contributed by atoms with Crippen molar-refractivity contribution in [1.29, 1.82) is 0 Å². The van der Waals surface area contributed by atoms with E-state index < -0.39 is 0 Å². The summed E-state index contributed by atoms with van der Waals surface area (Å²) in [5.74, 6) is 1.87. The highest BCUT2D eigenvalue weighted by atomic mass is 16.5. The molecule has 0 radical (unpaired) electrons. The van der Waals surface area contributed by atoms with Gasteiger partial charge in [0.1, 0.15) is 0 Å². The Morgan fingerprint density at radius 1 is 1.09 bits per heavy atom. The number of guanidine groups is 1. The predicted octanol–water partition coefficient (Wildman–Crippen LogP) is 3.81. The average molecular weight is 324 g/mol. The maximum Gasteiger partial charge on any atom is 0.193 e. The highest BCUT2D eigenvalue weighted by Gasteiger charge is 2.18. The first-order valence-electron chi connectivity index (χ1n) is 9.87. The summed E-state index contributed by atoms with van der Waals surface area (Å²) < 4.78 is 6.06. The number of nitrogens with one attached hydrogen (secondary N) is 1. The highest BCUT2D eigenvalue weighted by Crippen LogP contribution is 2.20. The second-order valence-electron chi connectivity index (χ2n) is 7.36. The number of hydrogen-bond acceptors (Lipinski definition) is 2. The lowest BCUT2D eigenvalue weighted by atomic mass is 10.0. The zero-order valence-electron chi connectivity index (χ0n) is 15.4. The summed E-state index contributed by atoms with van der Waals surface area (Å²) in [7, 11) is 1.90. The van der Waals surface area contributed by atoms with Gasteiger partial charge < -0.3 is 15.0 Å². The summed E-state index contributed by atoms with van der Waals surface area (Å²) in [6.07, 6.45) is 13.6. The van der Waals surface area contributed by atoms with Gasteiger partial charge >= 0.3 is 0 Å². The molecule has 0 spiro atoms. The van der Waals surface area contributed by atoms with Gasteiger partial charge in [0, 0.05) is 33.3 Å². The fourth-order valence-corrected chi connectivity index (χ4v) is 3.80. The number of likely N-dealkylation sites (tertiary alicyclic amines) is 1. The third-order valence-corrected chi connectivity index (χ3v) is 5.18. The molecule has 1 atom stereocenters. The van der Waals surface area contributed by atoms with Gasteiger partial charge in [-0.15, -0.1) is 0 Å². The molecule has 4 nitrogen and oxygen atoms in total. The van der Waals surface area contributed by atoms with Crippen molar-refractivity contribution in [3.05, 3.63) is 0 Å². The monoisotopic (exact) mass is 323 g/mol. The standard InChI is InChI=1S/C19H37N3O/c1-17-10-9-14-22(16-17)19(20-2)21-13-7-8-15-23-18-11-5-3-4-6-12-18/h17-18H,3-16H2,1-2H3,(H,20,21). The van der Waals surface area contributed by atoms with E-state index in [4.69, 9.17) is 4.74 Å². The van der Waals surface area contributed by atoms with Crippen molar-refractivity contribution in [1.82, 2.24) is 10.2 Å². The minimum Gasteiger partial charge on any atom is -0.378 e. The second kappa shape index (κ2) is 10.9. The van der Waals surface area contributed by atoms with E-state index in [0.717, 1.165) is 51.0 Å². The van der Waals surface area contributed by atoms with E-state index in [0.29, 0.717) is 6.10 Å². The number of nitrogens with zero attached hydrogens (tertiary/aromatic N) is 2. The summed E-state index contributed by atoms with van der Waals surface area (Å²) in [6.45, 7) is 6.56. The highest BCUT2D eigenvalue weighted by molar-refractivity contribution is 5.79. The van der Waals surface area contributed by atoms with Crippen molar-refractivity contribution in [3.63, 3.8) is 0 Å². The lowest BCUT2D eigenvalue weighted by molar-refractivity contribution is 0.0411. The van der Waals surface area contributed by atoms with E-state index in [2.05, 4.69) is 22.1 Å². The first-order chi connectivity index (χ1) is 11.3. The van der Waals surface area contributed by atoms with Gasteiger partial charge in [-0.25, -0.2) is 0 Å². The Bertz CT molecular complexity index is 338. The first kappa shape index (κ1) is 18.6. The maximum absolute atomic E-state index is 6.06. The third kappa shape index (κ3) is 7.11. The molecular formula is C19H37N3O. The van der Waals surface area contributed by atoms with Crippen molar-refractivity contribution < 1.29 is 4.74 Å². The number of unbranched alkanes of at least 4 members (excludes halogenated alkanes) is 1. The quantitative estimate of drug-likeness (QED) is 0.349. The molecular weight excluding hydrogens is 286 g/mol. The maximum atomic E-state index is 6.06. The Morgan fingerprint density at radius 3 is 2.57 bits per heavy atom. The van der Waals surface area contributed by atoms with E-state index in [9.17, 15) is 0 Å². The zero-order valence-corrected chi connectivity index (χ0v) is 15.4. The summed E-state index contributed by atoms with van der Waals surface area (Å²) in [5.41, 5.74) is 0. The Labute approximate surface area is 143 Å². The van der Waals surface area contributed by atoms with E-state index in [1.54, 1.807) is 0 Å². The van der Waals surface area contributed by atoms with Crippen LogP contribution in [0.2, 0.25) is 0 Å². The molecule has 0 aromatic carbocycles. The van der Waals surface area contributed by atoms with Crippen LogP contribution in [0.5, 0.6) is 0 Å². The summed E-state index contributed by atoms with van der Waals surface area (Å²) in [4.78, 5) is 6.86. The van der Waals surface area contributed by atoms with Gasteiger partial charge in [-0.3, -0.25) is 4.99 Å². The van der Waals surface area contributed by atoms with Gasteiger partial charge in [0.15, 0.2) is 5.96 Å². The SMILES string of the molecule is CN=C(NCCCCOC1CCCCCC1)N1CCCC(C)C1.